The molecular weight excluding hydrogens is 307 g/mol. The Kier molecular flexibility index (Phi) is 5.85. The zero-order valence-electron chi connectivity index (χ0n) is 14.3. The van der Waals surface area contributed by atoms with Crippen LogP contribution in [0.25, 0.3) is 0 Å². The van der Waals surface area contributed by atoms with Gasteiger partial charge < -0.3 is 10.1 Å². The Labute approximate surface area is 143 Å². The van der Waals surface area contributed by atoms with E-state index in [0.717, 1.165) is 25.3 Å². The quantitative estimate of drug-likeness (QED) is 0.868. The van der Waals surface area contributed by atoms with Crippen molar-refractivity contribution in [2.75, 3.05) is 26.2 Å². The fraction of sp³-hybridized carbons (Fsp3) is 0.632. The maximum atomic E-state index is 13.2. The predicted molar refractivity (Wildman–Crippen MR) is 91.2 cm³/mol. The van der Waals surface area contributed by atoms with E-state index >= 15 is 0 Å². The van der Waals surface area contributed by atoms with Crippen molar-refractivity contribution in [1.29, 1.82) is 0 Å². The van der Waals surface area contributed by atoms with Gasteiger partial charge >= 0.3 is 0 Å². The third-order valence-electron chi connectivity index (χ3n) is 5.00. The number of hydrogen-bond acceptors (Lipinski definition) is 3. The summed E-state index contributed by atoms with van der Waals surface area (Å²) in [5.74, 6) is 0.00639. The fourth-order valence-electron chi connectivity index (χ4n) is 3.76. The Morgan fingerprint density at radius 3 is 3.21 bits per heavy atom. The molecule has 1 aromatic carbocycles. The standard InChI is InChI=1S/C19H27FN2O2/c1-14(8-15-4-2-5-16(20)10-15)9-19(23)21-11-18-12-22-7-3-6-17(22)13-24-18/h2,4-5,10,14,17-18H,3,6-9,11-13H2,1H3,(H,21,23). The van der Waals surface area contributed by atoms with E-state index in [1.165, 1.54) is 25.0 Å². The summed E-state index contributed by atoms with van der Waals surface area (Å²) in [5.41, 5.74) is 0.936. The highest BCUT2D eigenvalue weighted by Gasteiger charge is 2.32. The minimum atomic E-state index is -0.223. The van der Waals surface area contributed by atoms with E-state index in [0.29, 0.717) is 25.4 Å². The van der Waals surface area contributed by atoms with Gasteiger partial charge in [-0.15, -0.1) is 0 Å². The van der Waals surface area contributed by atoms with Gasteiger partial charge in [-0.1, -0.05) is 19.1 Å². The van der Waals surface area contributed by atoms with Crippen LogP contribution in [0.1, 0.15) is 31.7 Å². The highest BCUT2D eigenvalue weighted by molar-refractivity contribution is 5.76. The number of benzene rings is 1. The van der Waals surface area contributed by atoms with Crippen LogP contribution in [0.15, 0.2) is 24.3 Å². The predicted octanol–water partition coefficient (Wildman–Crippen LogP) is 2.37. The Balaban J connectivity index is 1.37. The van der Waals surface area contributed by atoms with Crippen molar-refractivity contribution < 1.29 is 13.9 Å². The number of hydrogen-bond donors (Lipinski definition) is 1. The number of fused-ring (bicyclic) bond motifs is 1. The first-order chi connectivity index (χ1) is 11.6. The molecule has 0 radical (unpaired) electrons. The first kappa shape index (κ1) is 17.4. The molecule has 2 aliphatic heterocycles. The second-order valence-corrected chi connectivity index (χ2v) is 7.19. The zero-order chi connectivity index (χ0) is 16.9. The summed E-state index contributed by atoms with van der Waals surface area (Å²) in [7, 11) is 0. The van der Waals surface area contributed by atoms with Gasteiger partial charge in [-0.2, -0.15) is 0 Å². The number of morpholine rings is 1. The minimum Gasteiger partial charge on any atom is -0.373 e. The van der Waals surface area contributed by atoms with Crippen molar-refractivity contribution in [3.63, 3.8) is 0 Å². The number of halogens is 1. The number of carbonyl (C=O) groups excluding carboxylic acids is 1. The van der Waals surface area contributed by atoms with Gasteiger partial charge in [0.25, 0.3) is 0 Å². The molecule has 2 fully saturated rings. The molecule has 24 heavy (non-hydrogen) atoms. The summed E-state index contributed by atoms with van der Waals surface area (Å²) >= 11 is 0. The van der Waals surface area contributed by atoms with E-state index in [1.807, 2.05) is 13.0 Å². The molecule has 0 saturated carbocycles. The average molecular weight is 334 g/mol. The molecule has 2 saturated heterocycles. The lowest BCUT2D eigenvalue weighted by molar-refractivity contribution is -0.123. The van der Waals surface area contributed by atoms with Gasteiger partial charge in [0.15, 0.2) is 0 Å². The van der Waals surface area contributed by atoms with Crippen molar-refractivity contribution in [3.05, 3.63) is 35.6 Å². The number of carbonyl (C=O) groups is 1. The van der Waals surface area contributed by atoms with Gasteiger partial charge in [0.1, 0.15) is 5.82 Å². The second-order valence-electron chi connectivity index (χ2n) is 7.19. The van der Waals surface area contributed by atoms with Crippen LogP contribution in [0.5, 0.6) is 0 Å². The van der Waals surface area contributed by atoms with Crippen LogP contribution in [0.4, 0.5) is 4.39 Å². The third kappa shape index (κ3) is 4.77. The van der Waals surface area contributed by atoms with E-state index in [9.17, 15) is 9.18 Å². The molecule has 1 amide bonds. The normalized spacial score (nSPS) is 25.2. The first-order valence-electron chi connectivity index (χ1n) is 8.97. The van der Waals surface area contributed by atoms with Gasteiger partial charge in [-0.05, 0) is 49.4 Å². The Morgan fingerprint density at radius 1 is 1.50 bits per heavy atom. The monoisotopic (exact) mass is 334 g/mol. The molecular formula is C19H27FN2O2. The summed E-state index contributed by atoms with van der Waals surface area (Å²) in [4.78, 5) is 14.6. The lowest BCUT2D eigenvalue weighted by Gasteiger charge is -2.35. The summed E-state index contributed by atoms with van der Waals surface area (Å²) in [5, 5.41) is 3.00. The average Bonchev–Trinajstić information content (AvgIpc) is 3.00. The number of nitrogens with zero attached hydrogens (tertiary/aromatic N) is 1. The molecule has 0 aliphatic carbocycles. The summed E-state index contributed by atoms with van der Waals surface area (Å²) in [6.45, 7) is 5.47. The molecule has 3 rings (SSSR count). The van der Waals surface area contributed by atoms with Gasteiger partial charge in [-0.3, -0.25) is 9.69 Å². The molecule has 5 heteroatoms. The van der Waals surface area contributed by atoms with Crippen LogP contribution in [-0.4, -0.2) is 49.2 Å². The molecule has 132 valence electrons. The summed E-state index contributed by atoms with van der Waals surface area (Å²) < 4.78 is 19.1. The van der Waals surface area contributed by atoms with Crippen LogP contribution >= 0.6 is 0 Å². The van der Waals surface area contributed by atoms with Crippen LogP contribution < -0.4 is 5.32 Å². The molecule has 0 bridgehead atoms. The highest BCUT2D eigenvalue weighted by atomic mass is 19.1. The van der Waals surface area contributed by atoms with Gasteiger partial charge in [0.05, 0.1) is 12.7 Å². The Bertz CT molecular complexity index is 566. The smallest absolute Gasteiger partial charge is 0.220 e. The molecule has 2 aliphatic rings. The maximum absolute atomic E-state index is 13.2. The van der Waals surface area contributed by atoms with Crippen molar-refractivity contribution in [2.24, 2.45) is 5.92 Å². The molecule has 1 N–H and O–H groups in total. The molecule has 1 aromatic rings. The van der Waals surface area contributed by atoms with Crippen molar-refractivity contribution >= 4 is 5.91 Å². The Morgan fingerprint density at radius 2 is 2.38 bits per heavy atom. The highest BCUT2D eigenvalue weighted by Crippen LogP contribution is 2.22. The molecule has 2 heterocycles. The maximum Gasteiger partial charge on any atom is 0.220 e. The number of amides is 1. The van der Waals surface area contributed by atoms with Gasteiger partial charge in [0.2, 0.25) is 5.91 Å². The van der Waals surface area contributed by atoms with Crippen molar-refractivity contribution in [2.45, 2.75) is 44.8 Å². The Hall–Kier alpha value is -1.46. The fourth-order valence-corrected chi connectivity index (χ4v) is 3.76. The van der Waals surface area contributed by atoms with Crippen LogP contribution in [0.3, 0.4) is 0 Å². The first-order valence-corrected chi connectivity index (χ1v) is 8.97. The van der Waals surface area contributed by atoms with Gasteiger partial charge in [0, 0.05) is 25.6 Å². The lowest BCUT2D eigenvalue weighted by Crippen LogP contribution is -2.50. The summed E-state index contributed by atoms with van der Waals surface area (Å²) in [6.07, 6.45) is 3.75. The van der Waals surface area contributed by atoms with E-state index < -0.39 is 0 Å². The molecule has 0 spiro atoms. The molecule has 0 aromatic heterocycles. The lowest BCUT2D eigenvalue weighted by atomic mass is 9.97. The van der Waals surface area contributed by atoms with Crippen molar-refractivity contribution in [1.82, 2.24) is 10.2 Å². The molecule has 3 atom stereocenters. The van der Waals surface area contributed by atoms with E-state index in [-0.39, 0.29) is 23.7 Å². The minimum absolute atomic E-state index is 0.0473. The number of ether oxygens (including phenoxy) is 1. The largest absolute Gasteiger partial charge is 0.373 e. The number of rotatable bonds is 6. The third-order valence-corrected chi connectivity index (χ3v) is 5.00. The SMILES string of the molecule is CC(CC(=O)NCC1CN2CCCC2CO1)Cc1cccc(F)c1. The van der Waals surface area contributed by atoms with Crippen LogP contribution in [0.2, 0.25) is 0 Å². The zero-order valence-corrected chi connectivity index (χ0v) is 14.3. The molecule has 3 unspecified atom stereocenters. The summed E-state index contributed by atoms with van der Waals surface area (Å²) in [6, 6.07) is 7.18. The van der Waals surface area contributed by atoms with E-state index in [1.54, 1.807) is 6.07 Å². The van der Waals surface area contributed by atoms with Crippen LogP contribution in [0, 0.1) is 11.7 Å². The molecule has 4 nitrogen and oxygen atoms in total. The van der Waals surface area contributed by atoms with Gasteiger partial charge in [-0.25, -0.2) is 4.39 Å². The van der Waals surface area contributed by atoms with E-state index in [2.05, 4.69) is 10.2 Å². The topological polar surface area (TPSA) is 41.6 Å². The van der Waals surface area contributed by atoms with Crippen LogP contribution in [-0.2, 0) is 16.0 Å². The van der Waals surface area contributed by atoms with Crippen molar-refractivity contribution in [3.8, 4) is 0 Å². The van der Waals surface area contributed by atoms with E-state index in [4.69, 9.17) is 4.74 Å². The number of nitrogens with one attached hydrogen (secondary N) is 1. The second kappa shape index (κ2) is 8.08.